The molecule has 0 amide bonds. The van der Waals surface area contributed by atoms with Gasteiger partial charge >= 0.3 is 5.69 Å². The highest BCUT2D eigenvalue weighted by atomic mass is 19.3. The molecule has 0 N–H and O–H groups in total. The first-order valence-electron chi connectivity index (χ1n) is 4.98. The number of hydrogen-bond acceptors (Lipinski definition) is 4. The highest BCUT2D eigenvalue weighted by molar-refractivity contribution is 5.80. The van der Waals surface area contributed by atoms with Gasteiger partial charge in [-0.15, -0.1) is 0 Å². The molecule has 0 aromatic carbocycles. The lowest BCUT2D eigenvalue weighted by atomic mass is 9.91. The standard InChI is InChI=1S/C9H9F2N3O3/c10-9(11)2-1-7(15)3-8(9)13-5-6(4-12-13)14(16)17/h4-5,8H,1-3H2. The van der Waals surface area contributed by atoms with Crippen molar-refractivity contribution >= 4 is 11.5 Å². The summed E-state index contributed by atoms with van der Waals surface area (Å²) in [4.78, 5) is 20.9. The van der Waals surface area contributed by atoms with Crippen LogP contribution in [-0.2, 0) is 4.79 Å². The first-order chi connectivity index (χ1) is 7.90. The molecular weight excluding hydrogens is 236 g/mol. The van der Waals surface area contributed by atoms with Crippen molar-refractivity contribution in [3.8, 4) is 0 Å². The molecule has 0 aliphatic heterocycles. The molecule has 1 unspecified atom stereocenters. The molecule has 1 atom stereocenters. The van der Waals surface area contributed by atoms with Gasteiger partial charge in [0.25, 0.3) is 5.92 Å². The molecule has 1 aromatic rings. The van der Waals surface area contributed by atoms with Gasteiger partial charge in [0.2, 0.25) is 0 Å². The van der Waals surface area contributed by atoms with Crippen LogP contribution < -0.4 is 0 Å². The Bertz CT molecular complexity index is 472. The second kappa shape index (κ2) is 3.86. The number of alkyl halides is 2. The van der Waals surface area contributed by atoms with Crippen LogP contribution in [0.4, 0.5) is 14.5 Å². The maximum Gasteiger partial charge on any atom is 0.307 e. The Balaban J connectivity index is 2.29. The third-order valence-corrected chi connectivity index (χ3v) is 2.76. The zero-order valence-corrected chi connectivity index (χ0v) is 8.68. The minimum atomic E-state index is -3.06. The monoisotopic (exact) mass is 245 g/mol. The lowest BCUT2D eigenvalue weighted by Gasteiger charge is -2.30. The Morgan fingerprint density at radius 2 is 2.29 bits per heavy atom. The molecule has 0 bridgehead atoms. The number of carbonyl (C=O) groups excluding carboxylic acids is 1. The molecule has 1 aromatic heterocycles. The predicted molar refractivity (Wildman–Crippen MR) is 51.7 cm³/mol. The van der Waals surface area contributed by atoms with Crippen molar-refractivity contribution in [2.45, 2.75) is 31.2 Å². The van der Waals surface area contributed by atoms with Gasteiger partial charge in [-0.3, -0.25) is 19.6 Å². The number of halogens is 2. The Labute approximate surface area is 94.4 Å². The summed E-state index contributed by atoms with van der Waals surface area (Å²) in [7, 11) is 0. The van der Waals surface area contributed by atoms with Gasteiger partial charge in [-0.25, -0.2) is 8.78 Å². The first-order valence-corrected chi connectivity index (χ1v) is 4.98. The van der Waals surface area contributed by atoms with Crippen molar-refractivity contribution in [3.05, 3.63) is 22.5 Å². The first kappa shape index (κ1) is 11.6. The normalized spacial score (nSPS) is 23.6. The van der Waals surface area contributed by atoms with Gasteiger partial charge in [-0.2, -0.15) is 5.10 Å². The average molecular weight is 245 g/mol. The molecule has 0 saturated heterocycles. The second-order valence-electron chi connectivity index (χ2n) is 3.96. The molecule has 1 saturated carbocycles. The van der Waals surface area contributed by atoms with E-state index >= 15 is 0 Å². The van der Waals surface area contributed by atoms with E-state index in [9.17, 15) is 23.7 Å². The molecule has 0 spiro atoms. The number of hydrogen-bond donors (Lipinski definition) is 0. The van der Waals surface area contributed by atoms with Crippen LogP contribution in [-0.4, -0.2) is 26.4 Å². The van der Waals surface area contributed by atoms with Crippen LogP contribution in [0.2, 0.25) is 0 Å². The van der Waals surface area contributed by atoms with Crippen LogP contribution in [0.1, 0.15) is 25.3 Å². The maximum absolute atomic E-state index is 13.6. The predicted octanol–water partition coefficient (Wildman–Crippen LogP) is 1.72. The van der Waals surface area contributed by atoms with E-state index in [4.69, 9.17) is 0 Å². The summed E-state index contributed by atoms with van der Waals surface area (Å²) in [6, 6.07) is -1.42. The van der Waals surface area contributed by atoms with E-state index in [1.807, 2.05) is 0 Å². The van der Waals surface area contributed by atoms with Crippen LogP contribution in [0, 0.1) is 10.1 Å². The van der Waals surface area contributed by atoms with Crippen LogP contribution in [0.3, 0.4) is 0 Å². The molecule has 92 valence electrons. The van der Waals surface area contributed by atoms with Crippen LogP contribution in [0.15, 0.2) is 12.4 Å². The summed E-state index contributed by atoms with van der Waals surface area (Å²) in [6.45, 7) is 0. The molecular formula is C9H9F2N3O3. The second-order valence-corrected chi connectivity index (χ2v) is 3.96. The topological polar surface area (TPSA) is 78.0 Å². The molecule has 1 aliphatic carbocycles. The Morgan fingerprint density at radius 3 is 2.88 bits per heavy atom. The highest BCUT2D eigenvalue weighted by Crippen LogP contribution is 2.40. The summed E-state index contributed by atoms with van der Waals surface area (Å²) in [6.07, 6.45) is 0.787. The summed E-state index contributed by atoms with van der Waals surface area (Å²) in [5, 5.41) is 14.0. The van der Waals surface area contributed by atoms with Crippen molar-refractivity contribution in [1.29, 1.82) is 0 Å². The fourth-order valence-corrected chi connectivity index (χ4v) is 1.82. The minimum Gasteiger partial charge on any atom is -0.300 e. The summed E-state index contributed by atoms with van der Waals surface area (Å²) in [5.41, 5.74) is -0.362. The van der Waals surface area contributed by atoms with Gasteiger partial charge in [0.05, 0.1) is 4.92 Å². The van der Waals surface area contributed by atoms with E-state index in [0.29, 0.717) is 0 Å². The quantitative estimate of drug-likeness (QED) is 0.587. The number of nitrogens with zero attached hydrogens (tertiary/aromatic N) is 3. The summed E-state index contributed by atoms with van der Waals surface area (Å²) in [5.74, 6) is -3.34. The number of nitro groups is 1. The highest BCUT2D eigenvalue weighted by Gasteiger charge is 2.46. The van der Waals surface area contributed by atoms with E-state index in [2.05, 4.69) is 5.10 Å². The van der Waals surface area contributed by atoms with Gasteiger partial charge in [0.15, 0.2) is 0 Å². The fraction of sp³-hybridized carbons (Fsp3) is 0.556. The number of carbonyl (C=O) groups is 1. The lowest BCUT2D eigenvalue weighted by molar-refractivity contribution is -0.385. The third kappa shape index (κ3) is 2.15. The van der Waals surface area contributed by atoms with E-state index in [1.165, 1.54) is 0 Å². The Hall–Kier alpha value is -1.86. The smallest absolute Gasteiger partial charge is 0.300 e. The lowest BCUT2D eigenvalue weighted by Crippen LogP contribution is -2.37. The van der Waals surface area contributed by atoms with Crippen molar-refractivity contribution in [2.24, 2.45) is 0 Å². The third-order valence-electron chi connectivity index (χ3n) is 2.76. The largest absolute Gasteiger partial charge is 0.307 e. The maximum atomic E-state index is 13.6. The van der Waals surface area contributed by atoms with Crippen molar-refractivity contribution in [1.82, 2.24) is 9.78 Å². The molecule has 6 nitrogen and oxygen atoms in total. The van der Waals surface area contributed by atoms with Gasteiger partial charge in [-0.05, 0) is 0 Å². The zero-order chi connectivity index (χ0) is 12.6. The van der Waals surface area contributed by atoms with E-state index in [1.54, 1.807) is 0 Å². The van der Waals surface area contributed by atoms with Gasteiger partial charge in [-0.1, -0.05) is 0 Å². The van der Waals surface area contributed by atoms with Crippen molar-refractivity contribution in [3.63, 3.8) is 0 Å². The number of aromatic nitrogens is 2. The molecule has 0 radical (unpaired) electrons. The van der Waals surface area contributed by atoms with Gasteiger partial charge < -0.3 is 0 Å². The molecule has 1 fully saturated rings. The minimum absolute atomic E-state index is 0.160. The Morgan fingerprint density at radius 1 is 1.59 bits per heavy atom. The SMILES string of the molecule is O=C1CCC(F)(F)C(n2cc([N+](=O)[O-])cn2)C1. The molecule has 2 rings (SSSR count). The van der Waals surface area contributed by atoms with Crippen LogP contribution >= 0.6 is 0 Å². The van der Waals surface area contributed by atoms with Crippen molar-refractivity contribution < 1.29 is 18.5 Å². The van der Waals surface area contributed by atoms with E-state index in [0.717, 1.165) is 17.1 Å². The molecule has 17 heavy (non-hydrogen) atoms. The number of Topliss-reactive ketones (excluding diaryl/α,β-unsaturated/α-hetero) is 1. The van der Waals surface area contributed by atoms with Gasteiger partial charge in [0.1, 0.15) is 24.2 Å². The molecule has 1 heterocycles. The zero-order valence-electron chi connectivity index (χ0n) is 8.68. The van der Waals surface area contributed by atoms with E-state index < -0.39 is 23.3 Å². The van der Waals surface area contributed by atoms with Crippen molar-refractivity contribution in [2.75, 3.05) is 0 Å². The van der Waals surface area contributed by atoms with E-state index in [-0.39, 0.29) is 24.3 Å². The summed E-state index contributed by atoms with van der Waals surface area (Å²) < 4.78 is 27.9. The average Bonchev–Trinajstić information content (AvgIpc) is 2.70. The Kier molecular flexibility index (Phi) is 2.64. The van der Waals surface area contributed by atoms with Crippen LogP contribution in [0.25, 0.3) is 0 Å². The number of ketones is 1. The summed E-state index contributed by atoms with van der Waals surface area (Å²) >= 11 is 0. The van der Waals surface area contributed by atoms with Gasteiger partial charge in [0, 0.05) is 19.3 Å². The molecule has 1 aliphatic rings. The molecule has 8 heteroatoms. The fourth-order valence-electron chi connectivity index (χ4n) is 1.82. The number of rotatable bonds is 2. The van der Waals surface area contributed by atoms with Crippen LogP contribution in [0.5, 0.6) is 0 Å².